The van der Waals surface area contributed by atoms with Gasteiger partial charge in [-0.3, -0.25) is 19.6 Å². The zero-order chi connectivity index (χ0) is 15.5. The van der Waals surface area contributed by atoms with Gasteiger partial charge in [-0.1, -0.05) is 12.1 Å². The summed E-state index contributed by atoms with van der Waals surface area (Å²) < 4.78 is 0. The molecular weight excluding hydrogens is 280 g/mol. The van der Waals surface area contributed by atoms with Crippen LogP contribution in [-0.2, 0) is 4.79 Å². The van der Waals surface area contributed by atoms with Crippen LogP contribution in [0.2, 0.25) is 0 Å². The largest absolute Gasteiger partial charge is 0.344 e. The zero-order valence-corrected chi connectivity index (χ0v) is 12.2. The molecule has 1 aliphatic rings. The van der Waals surface area contributed by atoms with E-state index in [1.54, 1.807) is 42.7 Å². The van der Waals surface area contributed by atoms with Gasteiger partial charge < -0.3 is 10.2 Å². The number of rotatable bonds is 3. The molecule has 6 heteroatoms. The van der Waals surface area contributed by atoms with E-state index in [0.29, 0.717) is 18.5 Å². The van der Waals surface area contributed by atoms with E-state index >= 15 is 0 Å². The molecule has 3 rings (SSSR count). The van der Waals surface area contributed by atoms with Crippen LogP contribution in [0.25, 0.3) is 11.3 Å². The molecule has 1 N–H and O–H groups in total. The lowest BCUT2D eigenvalue weighted by Crippen LogP contribution is -2.40. The van der Waals surface area contributed by atoms with Crippen molar-refractivity contribution in [1.29, 1.82) is 0 Å². The van der Waals surface area contributed by atoms with Crippen LogP contribution in [0.15, 0.2) is 42.9 Å². The van der Waals surface area contributed by atoms with Crippen LogP contribution in [0.4, 0.5) is 0 Å². The van der Waals surface area contributed by atoms with Crippen LogP contribution < -0.4 is 5.32 Å². The Morgan fingerprint density at radius 1 is 1.27 bits per heavy atom. The molecule has 6 nitrogen and oxygen atoms in total. The predicted octanol–water partition coefficient (Wildman–Crippen LogP) is 1.10. The Hall–Kier alpha value is -2.76. The Kier molecular flexibility index (Phi) is 3.82. The molecule has 0 bridgehead atoms. The van der Waals surface area contributed by atoms with Crippen molar-refractivity contribution in [2.75, 3.05) is 13.6 Å². The number of amides is 2. The molecule has 1 aromatic heterocycles. The second-order valence-electron chi connectivity index (χ2n) is 5.24. The van der Waals surface area contributed by atoms with Crippen LogP contribution in [0, 0.1) is 0 Å². The van der Waals surface area contributed by atoms with Crippen molar-refractivity contribution in [2.45, 2.75) is 12.5 Å². The minimum Gasteiger partial charge on any atom is -0.344 e. The highest BCUT2D eigenvalue weighted by Gasteiger charge is 2.30. The minimum atomic E-state index is -0.419. The Bertz CT molecular complexity index is 685. The van der Waals surface area contributed by atoms with Gasteiger partial charge in [0.15, 0.2) is 0 Å². The maximum absolute atomic E-state index is 12.2. The van der Waals surface area contributed by atoms with Gasteiger partial charge in [-0.15, -0.1) is 0 Å². The van der Waals surface area contributed by atoms with Crippen molar-refractivity contribution in [3.8, 4) is 11.3 Å². The van der Waals surface area contributed by atoms with Gasteiger partial charge in [0.2, 0.25) is 5.91 Å². The fraction of sp³-hybridized carbons (Fsp3) is 0.250. The normalized spacial score (nSPS) is 17.6. The first-order valence-corrected chi connectivity index (χ1v) is 7.07. The van der Waals surface area contributed by atoms with Crippen molar-refractivity contribution in [3.05, 3.63) is 48.4 Å². The number of benzene rings is 1. The first kappa shape index (κ1) is 14.2. The van der Waals surface area contributed by atoms with E-state index < -0.39 is 6.04 Å². The summed E-state index contributed by atoms with van der Waals surface area (Å²) in [6.45, 7) is 0.676. The van der Waals surface area contributed by atoms with Gasteiger partial charge in [0.1, 0.15) is 6.04 Å². The predicted molar refractivity (Wildman–Crippen MR) is 81.0 cm³/mol. The standard InChI is InChI=1S/C16H16N4O2/c1-20-9-6-13(16(20)22)19-15(21)12-4-2-11(3-5-12)14-10-17-7-8-18-14/h2-5,7-8,10,13H,6,9H2,1H3,(H,19,21)/t13-/m1/s1. The summed E-state index contributed by atoms with van der Waals surface area (Å²) in [6.07, 6.45) is 5.56. The molecule has 1 atom stereocenters. The summed E-state index contributed by atoms with van der Waals surface area (Å²) in [6, 6.07) is 6.67. The van der Waals surface area contributed by atoms with Crippen molar-refractivity contribution in [1.82, 2.24) is 20.2 Å². The zero-order valence-electron chi connectivity index (χ0n) is 12.2. The van der Waals surface area contributed by atoms with Gasteiger partial charge in [0.05, 0.1) is 11.9 Å². The Balaban J connectivity index is 1.70. The third-order valence-electron chi connectivity index (χ3n) is 3.74. The summed E-state index contributed by atoms with van der Waals surface area (Å²) in [4.78, 5) is 33.9. The van der Waals surface area contributed by atoms with Crippen LogP contribution in [-0.4, -0.2) is 46.3 Å². The first-order chi connectivity index (χ1) is 10.6. The second-order valence-corrected chi connectivity index (χ2v) is 5.24. The summed E-state index contributed by atoms with van der Waals surface area (Å²) in [5.41, 5.74) is 2.17. The molecule has 1 fully saturated rings. The quantitative estimate of drug-likeness (QED) is 0.920. The number of aromatic nitrogens is 2. The number of hydrogen-bond donors (Lipinski definition) is 1. The van der Waals surface area contributed by atoms with Crippen LogP contribution in [0.1, 0.15) is 16.8 Å². The molecule has 2 heterocycles. The van der Waals surface area contributed by atoms with Gasteiger partial charge in [0.25, 0.3) is 5.91 Å². The lowest BCUT2D eigenvalue weighted by molar-refractivity contribution is -0.128. The van der Waals surface area contributed by atoms with Crippen LogP contribution >= 0.6 is 0 Å². The highest BCUT2D eigenvalue weighted by molar-refractivity contribution is 5.98. The summed E-state index contributed by atoms with van der Waals surface area (Å²) in [5.74, 6) is -0.274. The van der Waals surface area contributed by atoms with Gasteiger partial charge >= 0.3 is 0 Å². The average molecular weight is 296 g/mol. The van der Waals surface area contributed by atoms with Crippen LogP contribution in [0.3, 0.4) is 0 Å². The van der Waals surface area contributed by atoms with Gasteiger partial charge in [-0.25, -0.2) is 0 Å². The highest BCUT2D eigenvalue weighted by Crippen LogP contribution is 2.16. The summed E-state index contributed by atoms with van der Waals surface area (Å²) >= 11 is 0. The summed E-state index contributed by atoms with van der Waals surface area (Å²) in [7, 11) is 1.74. The molecule has 1 aliphatic heterocycles. The number of likely N-dealkylation sites (tertiary alicyclic amines) is 1. The molecule has 22 heavy (non-hydrogen) atoms. The fourth-order valence-corrected chi connectivity index (χ4v) is 2.44. The fourth-order valence-electron chi connectivity index (χ4n) is 2.44. The highest BCUT2D eigenvalue weighted by atomic mass is 16.2. The number of nitrogens with one attached hydrogen (secondary N) is 1. The van der Waals surface area contributed by atoms with E-state index in [1.165, 1.54) is 0 Å². The average Bonchev–Trinajstić information content (AvgIpc) is 2.88. The Labute approximate surface area is 128 Å². The number of hydrogen-bond acceptors (Lipinski definition) is 4. The van der Waals surface area contributed by atoms with E-state index in [9.17, 15) is 9.59 Å². The summed E-state index contributed by atoms with van der Waals surface area (Å²) in [5, 5.41) is 2.78. The molecule has 112 valence electrons. The minimum absolute atomic E-state index is 0.0375. The molecule has 0 aliphatic carbocycles. The lowest BCUT2D eigenvalue weighted by Gasteiger charge is -2.12. The van der Waals surface area contributed by atoms with Gasteiger partial charge in [-0.2, -0.15) is 0 Å². The van der Waals surface area contributed by atoms with Crippen molar-refractivity contribution >= 4 is 11.8 Å². The molecule has 1 saturated heterocycles. The van der Waals surface area contributed by atoms with Crippen LogP contribution in [0.5, 0.6) is 0 Å². The third-order valence-corrected chi connectivity index (χ3v) is 3.74. The number of carbonyl (C=O) groups is 2. The molecule has 0 saturated carbocycles. The Morgan fingerprint density at radius 2 is 2.05 bits per heavy atom. The van der Waals surface area contributed by atoms with E-state index in [-0.39, 0.29) is 11.8 Å². The van der Waals surface area contributed by atoms with Gasteiger partial charge in [0, 0.05) is 37.1 Å². The number of nitrogens with zero attached hydrogens (tertiary/aromatic N) is 3. The van der Waals surface area contributed by atoms with Crippen molar-refractivity contribution < 1.29 is 9.59 Å². The van der Waals surface area contributed by atoms with E-state index in [2.05, 4.69) is 15.3 Å². The SMILES string of the molecule is CN1CC[C@@H](NC(=O)c2ccc(-c3cnccn3)cc2)C1=O. The molecular formula is C16H16N4O2. The van der Waals surface area contributed by atoms with E-state index in [0.717, 1.165) is 11.3 Å². The molecule has 2 aromatic rings. The monoisotopic (exact) mass is 296 g/mol. The molecule has 0 radical (unpaired) electrons. The number of carbonyl (C=O) groups excluding carboxylic acids is 2. The van der Waals surface area contributed by atoms with Gasteiger partial charge in [-0.05, 0) is 18.6 Å². The maximum Gasteiger partial charge on any atom is 0.251 e. The molecule has 2 amide bonds. The third kappa shape index (κ3) is 2.81. The van der Waals surface area contributed by atoms with E-state index in [4.69, 9.17) is 0 Å². The van der Waals surface area contributed by atoms with E-state index in [1.807, 2.05) is 12.1 Å². The molecule has 0 spiro atoms. The molecule has 0 unspecified atom stereocenters. The topological polar surface area (TPSA) is 75.2 Å². The van der Waals surface area contributed by atoms with Crippen molar-refractivity contribution in [3.63, 3.8) is 0 Å². The lowest BCUT2D eigenvalue weighted by atomic mass is 10.1. The van der Waals surface area contributed by atoms with Crippen molar-refractivity contribution in [2.24, 2.45) is 0 Å². The second kappa shape index (κ2) is 5.93. The number of likely N-dealkylation sites (N-methyl/N-ethyl adjacent to an activating group) is 1. The molecule has 1 aromatic carbocycles. The smallest absolute Gasteiger partial charge is 0.251 e. The first-order valence-electron chi connectivity index (χ1n) is 7.07. The maximum atomic E-state index is 12.2. The Morgan fingerprint density at radius 3 is 2.64 bits per heavy atom.